The van der Waals surface area contributed by atoms with E-state index in [4.69, 9.17) is 0 Å². The fourth-order valence-corrected chi connectivity index (χ4v) is 4.47. The van der Waals surface area contributed by atoms with E-state index < -0.39 is 29.1 Å². The summed E-state index contributed by atoms with van der Waals surface area (Å²) in [6, 6.07) is 9.50. The zero-order valence-corrected chi connectivity index (χ0v) is 17.3. The highest BCUT2D eigenvalue weighted by Gasteiger charge is 2.29. The predicted octanol–water partition coefficient (Wildman–Crippen LogP) is 7.66. The molecular weight excluding hydrogens is 407 g/mol. The molecule has 0 spiro atoms. The van der Waals surface area contributed by atoms with Crippen molar-refractivity contribution >= 4 is 0 Å². The Morgan fingerprint density at radius 3 is 2.32 bits per heavy atom. The molecule has 0 fully saturated rings. The van der Waals surface area contributed by atoms with E-state index in [1.54, 1.807) is 12.1 Å². The minimum Gasteiger partial charge on any atom is -0.207 e. The van der Waals surface area contributed by atoms with Crippen molar-refractivity contribution in [3.8, 4) is 11.1 Å². The molecule has 0 radical (unpaired) electrons. The number of benzene rings is 3. The molecule has 3 aromatic rings. The lowest BCUT2D eigenvalue weighted by Crippen LogP contribution is -2.17. The molecule has 31 heavy (non-hydrogen) atoms. The van der Waals surface area contributed by atoms with Gasteiger partial charge in [-0.05, 0) is 84.0 Å². The second-order valence-corrected chi connectivity index (χ2v) is 8.18. The van der Waals surface area contributed by atoms with Crippen LogP contribution in [0.4, 0.5) is 22.0 Å². The summed E-state index contributed by atoms with van der Waals surface area (Å²) in [7, 11) is 0. The zero-order chi connectivity index (χ0) is 22.1. The maximum Gasteiger partial charge on any atom is 0.162 e. The van der Waals surface area contributed by atoms with Crippen molar-refractivity contribution in [1.29, 1.82) is 0 Å². The lowest BCUT2D eigenvalue weighted by molar-refractivity contribution is 0.462. The number of unbranched alkanes of at least 4 members (excludes halogenated alkanes) is 1. The Morgan fingerprint density at radius 1 is 0.871 bits per heavy atom. The molecule has 0 saturated heterocycles. The molecule has 5 heteroatoms. The Morgan fingerprint density at radius 2 is 1.61 bits per heavy atom. The van der Waals surface area contributed by atoms with E-state index in [0.717, 1.165) is 25.0 Å². The molecule has 0 heterocycles. The lowest BCUT2D eigenvalue weighted by Gasteiger charge is -2.27. The van der Waals surface area contributed by atoms with Gasteiger partial charge in [0, 0.05) is 0 Å². The minimum absolute atomic E-state index is 0.185. The predicted molar refractivity (Wildman–Crippen MR) is 111 cm³/mol. The van der Waals surface area contributed by atoms with Crippen molar-refractivity contribution in [3.63, 3.8) is 0 Å². The fraction of sp³-hybridized carbons (Fsp3) is 0.308. The Balaban J connectivity index is 1.65. The summed E-state index contributed by atoms with van der Waals surface area (Å²) in [6.07, 6.45) is 3.11. The second kappa shape index (κ2) is 8.81. The highest BCUT2D eigenvalue weighted by molar-refractivity contribution is 5.67. The summed E-state index contributed by atoms with van der Waals surface area (Å²) in [4.78, 5) is 0. The van der Waals surface area contributed by atoms with E-state index in [1.807, 2.05) is 6.92 Å². The summed E-state index contributed by atoms with van der Waals surface area (Å²) in [6.45, 7) is 1.99. The molecule has 1 aliphatic rings. The van der Waals surface area contributed by atoms with Crippen LogP contribution in [0.15, 0.2) is 42.5 Å². The number of hydrogen-bond acceptors (Lipinski definition) is 0. The first-order valence-corrected chi connectivity index (χ1v) is 10.6. The van der Waals surface area contributed by atoms with Crippen molar-refractivity contribution in [1.82, 2.24) is 0 Å². The van der Waals surface area contributed by atoms with Gasteiger partial charge in [0.25, 0.3) is 0 Å². The molecule has 0 aliphatic heterocycles. The van der Waals surface area contributed by atoms with Crippen LogP contribution in [-0.4, -0.2) is 0 Å². The number of aryl methyl sites for hydroxylation is 1. The van der Waals surface area contributed by atoms with E-state index in [9.17, 15) is 17.6 Å². The maximum absolute atomic E-state index is 15.2. The van der Waals surface area contributed by atoms with Crippen LogP contribution in [0.5, 0.6) is 0 Å². The van der Waals surface area contributed by atoms with Gasteiger partial charge in [-0.2, -0.15) is 0 Å². The number of halogens is 5. The summed E-state index contributed by atoms with van der Waals surface area (Å²) >= 11 is 0. The van der Waals surface area contributed by atoms with Gasteiger partial charge in [-0.15, -0.1) is 0 Å². The number of rotatable bonds is 5. The standard InChI is InChI=1S/C26H23F5/c1-2-3-4-16-7-11-20(26(31)24(16)29)17-8-12-21-18(13-17)14-22(28)23(25(21)30)15-5-9-19(27)10-6-15/h5-7,9-11,14,17H,2-4,8,12-13H2,1H3. The SMILES string of the molecule is CCCCc1ccc(C2CCc3c(cc(F)c(-c4ccc(F)cc4)c3F)C2)c(F)c1F. The van der Waals surface area contributed by atoms with Gasteiger partial charge in [0.2, 0.25) is 0 Å². The van der Waals surface area contributed by atoms with Gasteiger partial charge < -0.3 is 0 Å². The van der Waals surface area contributed by atoms with E-state index in [0.29, 0.717) is 36.0 Å². The largest absolute Gasteiger partial charge is 0.207 e. The number of fused-ring (bicyclic) bond motifs is 1. The van der Waals surface area contributed by atoms with Crippen molar-refractivity contribution in [2.24, 2.45) is 0 Å². The quantitative estimate of drug-likeness (QED) is 0.365. The van der Waals surface area contributed by atoms with E-state index in [2.05, 4.69) is 0 Å². The van der Waals surface area contributed by atoms with Crippen LogP contribution in [0.2, 0.25) is 0 Å². The first-order chi connectivity index (χ1) is 14.9. The summed E-state index contributed by atoms with van der Waals surface area (Å²) in [5.41, 5.74) is 1.54. The molecule has 1 atom stereocenters. The first kappa shape index (κ1) is 21.5. The Hall–Kier alpha value is -2.69. The molecule has 0 N–H and O–H groups in total. The molecule has 0 saturated carbocycles. The minimum atomic E-state index is -0.856. The average molecular weight is 430 g/mol. The van der Waals surface area contributed by atoms with Crippen molar-refractivity contribution in [2.45, 2.75) is 51.4 Å². The Labute approximate surface area is 178 Å². The summed E-state index contributed by atoms with van der Waals surface area (Å²) in [5.74, 6) is -3.92. The lowest BCUT2D eigenvalue weighted by atomic mass is 9.78. The second-order valence-electron chi connectivity index (χ2n) is 8.18. The highest BCUT2D eigenvalue weighted by Crippen LogP contribution is 2.39. The van der Waals surface area contributed by atoms with Crippen molar-refractivity contribution in [3.05, 3.63) is 93.8 Å². The van der Waals surface area contributed by atoms with E-state index in [-0.39, 0.29) is 29.0 Å². The topological polar surface area (TPSA) is 0 Å². The monoisotopic (exact) mass is 430 g/mol. The molecule has 0 amide bonds. The third-order valence-electron chi connectivity index (χ3n) is 6.19. The summed E-state index contributed by atoms with van der Waals surface area (Å²) in [5, 5.41) is 0. The number of hydrogen-bond donors (Lipinski definition) is 0. The normalized spacial score (nSPS) is 15.7. The van der Waals surface area contributed by atoms with Crippen LogP contribution < -0.4 is 0 Å². The van der Waals surface area contributed by atoms with Crippen LogP contribution >= 0.6 is 0 Å². The Kier molecular flexibility index (Phi) is 6.12. The van der Waals surface area contributed by atoms with Gasteiger partial charge in [0.05, 0.1) is 5.56 Å². The average Bonchev–Trinajstić information content (AvgIpc) is 2.76. The first-order valence-electron chi connectivity index (χ1n) is 10.6. The van der Waals surface area contributed by atoms with Crippen LogP contribution in [-0.2, 0) is 19.3 Å². The molecule has 0 bridgehead atoms. The van der Waals surface area contributed by atoms with Gasteiger partial charge in [-0.1, -0.05) is 37.6 Å². The van der Waals surface area contributed by atoms with Crippen LogP contribution in [0.3, 0.4) is 0 Å². The molecule has 1 aliphatic carbocycles. The molecule has 1 unspecified atom stereocenters. The van der Waals surface area contributed by atoms with Crippen LogP contribution in [0.1, 0.15) is 54.4 Å². The zero-order valence-electron chi connectivity index (χ0n) is 17.3. The molecular formula is C26H23F5. The molecule has 3 aromatic carbocycles. The smallest absolute Gasteiger partial charge is 0.162 e. The van der Waals surface area contributed by atoms with Crippen molar-refractivity contribution in [2.75, 3.05) is 0 Å². The Bertz CT molecular complexity index is 1100. The van der Waals surface area contributed by atoms with Crippen LogP contribution in [0.25, 0.3) is 11.1 Å². The van der Waals surface area contributed by atoms with Gasteiger partial charge in [0.1, 0.15) is 17.5 Å². The van der Waals surface area contributed by atoms with E-state index in [1.165, 1.54) is 18.2 Å². The van der Waals surface area contributed by atoms with Gasteiger partial charge in [0.15, 0.2) is 11.6 Å². The summed E-state index contributed by atoms with van der Waals surface area (Å²) < 4.78 is 72.4. The van der Waals surface area contributed by atoms with Gasteiger partial charge in [-0.3, -0.25) is 0 Å². The molecule has 0 nitrogen and oxygen atoms in total. The van der Waals surface area contributed by atoms with Gasteiger partial charge in [-0.25, -0.2) is 22.0 Å². The third-order valence-corrected chi connectivity index (χ3v) is 6.19. The fourth-order valence-electron chi connectivity index (χ4n) is 4.47. The highest BCUT2D eigenvalue weighted by atomic mass is 19.2. The maximum atomic E-state index is 15.2. The molecule has 0 aromatic heterocycles. The van der Waals surface area contributed by atoms with Gasteiger partial charge >= 0.3 is 0 Å². The third kappa shape index (κ3) is 4.10. The van der Waals surface area contributed by atoms with Crippen LogP contribution in [0, 0.1) is 29.1 Å². The van der Waals surface area contributed by atoms with E-state index >= 15 is 4.39 Å². The molecule has 4 rings (SSSR count). The molecule has 162 valence electrons. The van der Waals surface area contributed by atoms with Crippen molar-refractivity contribution < 1.29 is 22.0 Å².